The molecule has 6 heteroatoms. The van der Waals surface area contributed by atoms with Crippen LogP contribution in [0, 0.1) is 19.8 Å². The number of unbranched alkanes of at least 4 members (excludes halogenated alkanes) is 1. The van der Waals surface area contributed by atoms with Crippen LogP contribution in [-0.4, -0.2) is 47.5 Å². The van der Waals surface area contributed by atoms with Crippen molar-refractivity contribution < 1.29 is 14.3 Å². The number of aryl methyl sites for hydroxylation is 1. The highest BCUT2D eigenvalue weighted by molar-refractivity contribution is 5.73. The minimum absolute atomic E-state index is 0.122. The number of terminal acetylenes is 1. The number of rotatable bonds is 10. The van der Waals surface area contributed by atoms with Gasteiger partial charge in [-0.05, 0) is 62.4 Å². The van der Waals surface area contributed by atoms with Crippen LogP contribution in [0.15, 0.2) is 84.9 Å². The molecule has 3 aromatic rings. The number of alkyl carbamates (subject to hydrolysis) is 1. The fourth-order valence-electron chi connectivity index (χ4n) is 5.00. The molecule has 0 aliphatic carbocycles. The topological polar surface area (TPSA) is 61.9 Å². The summed E-state index contributed by atoms with van der Waals surface area (Å²) < 4.78 is 5.29. The van der Waals surface area contributed by atoms with Gasteiger partial charge in [0.1, 0.15) is 6.61 Å². The van der Waals surface area contributed by atoms with Crippen molar-refractivity contribution in [2.75, 3.05) is 19.6 Å². The number of hydrogen-bond acceptors (Lipinski definition) is 4. The maximum absolute atomic E-state index is 12.5. The average molecular weight is 628 g/mol. The number of hydrogen-bond donors (Lipinski definition) is 1. The first-order valence-corrected chi connectivity index (χ1v) is 16.7. The van der Waals surface area contributed by atoms with Crippen LogP contribution in [0.5, 0.6) is 0 Å². The smallest absolute Gasteiger partial charge is 0.407 e. The zero-order chi connectivity index (χ0) is 34.0. The van der Waals surface area contributed by atoms with Gasteiger partial charge in [0.05, 0.1) is 0 Å². The van der Waals surface area contributed by atoms with Gasteiger partial charge in [-0.2, -0.15) is 0 Å². The molecule has 1 unspecified atom stereocenters. The lowest BCUT2D eigenvalue weighted by Crippen LogP contribution is -2.39. The fourth-order valence-corrected chi connectivity index (χ4v) is 5.00. The third-order valence-electron chi connectivity index (χ3n) is 7.61. The quantitative estimate of drug-likeness (QED) is 0.228. The molecular weight excluding hydrogens is 570 g/mol. The largest absolute Gasteiger partial charge is 0.445 e. The van der Waals surface area contributed by atoms with Gasteiger partial charge in [-0.25, -0.2) is 4.79 Å². The first kappa shape index (κ1) is 39.9. The van der Waals surface area contributed by atoms with E-state index in [4.69, 9.17) is 4.74 Å². The number of ether oxygens (including phenoxy) is 1. The second-order valence-corrected chi connectivity index (χ2v) is 11.5. The van der Waals surface area contributed by atoms with E-state index in [1.165, 1.54) is 24.8 Å². The predicted molar refractivity (Wildman–Crippen MR) is 192 cm³/mol. The Balaban J connectivity index is 0.000000682. The normalized spacial score (nSPS) is 13.9. The summed E-state index contributed by atoms with van der Waals surface area (Å²) in [7, 11) is 0. The molecule has 1 saturated heterocycles. The van der Waals surface area contributed by atoms with Gasteiger partial charge < -0.3 is 19.9 Å². The van der Waals surface area contributed by atoms with Crippen molar-refractivity contribution in [3.63, 3.8) is 0 Å². The highest BCUT2D eigenvalue weighted by Gasteiger charge is 2.24. The predicted octanol–water partition coefficient (Wildman–Crippen LogP) is 8.78. The van der Waals surface area contributed by atoms with Crippen molar-refractivity contribution in [2.45, 2.75) is 98.9 Å². The Morgan fingerprint density at radius 1 is 0.826 bits per heavy atom. The van der Waals surface area contributed by atoms with E-state index in [0.717, 1.165) is 55.6 Å². The number of amides is 2. The molecule has 1 heterocycles. The van der Waals surface area contributed by atoms with Gasteiger partial charge in [-0.1, -0.05) is 124 Å². The molecular formula is C40H57N3O3. The van der Waals surface area contributed by atoms with Crippen LogP contribution in [0.2, 0.25) is 0 Å². The molecule has 0 bridgehead atoms. The van der Waals surface area contributed by atoms with Crippen molar-refractivity contribution in [3.8, 4) is 12.8 Å². The minimum atomic E-state index is -0.440. The molecule has 0 spiro atoms. The van der Waals surface area contributed by atoms with Gasteiger partial charge in [0, 0.05) is 32.6 Å². The van der Waals surface area contributed by atoms with Crippen LogP contribution in [0.3, 0.4) is 0 Å². The Morgan fingerprint density at radius 3 is 2.00 bits per heavy atom. The standard InChI is InChI=1S/C27H37N3O3.C7H8.C4H10.C2H2/c1-3-15-29-16-8-13-26(14-17-29)30(22(2)31)20-25-12-7-11-24(18-25)19-28-27(32)33-21-23-9-5-4-6-10-23;1-7-5-3-2-4-6-7;1-3-4-2;1-2/h4-7,9-12,18,26H,3,8,13-17,19-21H2,1-2H3,(H,28,32);2-6H,1H3;3-4H2,1-2H3;1-2H. The monoisotopic (exact) mass is 627 g/mol. The van der Waals surface area contributed by atoms with Crippen molar-refractivity contribution in [1.82, 2.24) is 15.1 Å². The summed E-state index contributed by atoms with van der Waals surface area (Å²) in [6.07, 6.45) is 14.6. The van der Waals surface area contributed by atoms with Crippen LogP contribution in [0.4, 0.5) is 4.79 Å². The lowest BCUT2D eigenvalue weighted by atomic mass is 10.0. The van der Waals surface area contributed by atoms with Crippen LogP contribution in [0.1, 0.15) is 88.5 Å². The highest BCUT2D eigenvalue weighted by atomic mass is 16.5. The Hall–Kier alpha value is -4.08. The molecule has 250 valence electrons. The van der Waals surface area contributed by atoms with Crippen LogP contribution < -0.4 is 5.32 Å². The number of carbonyl (C=O) groups excluding carboxylic acids is 2. The molecule has 46 heavy (non-hydrogen) atoms. The van der Waals surface area contributed by atoms with Crippen LogP contribution in [0.25, 0.3) is 0 Å². The van der Waals surface area contributed by atoms with Crippen molar-refractivity contribution in [3.05, 3.63) is 107 Å². The molecule has 6 nitrogen and oxygen atoms in total. The molecule has 0 saturated carbocycles. The Morgan fingerprint density at radius 2 is 1.43 bits per heavy atom. The molecule has 1 aliphatic heterocycles. The first-order valence-electron chi connectivity index (χ1n) is 16.7. The second-order valence-electron chi connectivity index (χ2n) is 11.5. The van der Waals surface area contributed by atoms with E-state index in [1.807, 2.05) is 71.6 Å². The minimum Gasteiger partial charge on any atom is -0.445 e. The van der Waals surface area contributed by atoms with E-state index in [-0.39, 0.29) is 18.6 Å². The molecule has 2 amide bonds. The van der Waals surface area contributed by atoms with Gasteiger partial charge in [-0.15, -0.1) is 12.8 Å². The van der Waals surface area contributed by atoms with Gasteiger partial charge in [-0.3, -0.25) is 4.79 Å². The highest BCUT2D eigenvalue weighted by Crippen LogP contribution is 2.20. The van der Waals surface area contributed by atoms with Gasteiger partial charge in [0.2, 0.25) is 5.91 Å². The molecule has 1 aliphatic rings. The SMILES string of the molecule is C#C.CCCC.CCCN1CCCC(N(Cc2cccc(CNC(=O)OCc3ccccc3)c2)C(C)=O)CC1.Cc1ccccc1. The van der Waals surface area contributed by atoms with Gasteiger partial charge in [0.25, 0.3) is 0 Å². The number of carbonyl (C=O) groups is 2. The van der Waals surface area contributed by atoms with Gasteiger partial charge >= 0.3 is 6.09 Å². The summed E-state index contributed by atoms with van der Waals surface area (Å²) in [5.41, 5.74) is 4.34. The van der Waals surface area contributed by atoms with Crippen LogP contribution in [-0.2, 0) is 29.2 Å². The summed E-state index contributed by atoms with van der Waals surface area (Å²) >= 11 is 0. The van der Waals surface area contributed by atoms with E-state index >= 15 is 0 Å². The van der Waals surface area contributed by atoms with E-state index in [0.29, 0.717) is 13.1 Å². The Labute approximate surface area is 279 Å². The fraction of sp³-hybridized carbons (Fsp3) is 0.450. The van der Waals surface area contributed by atoms with Gasteiger partial charge in [0.15, 0.2) is 0 Å². The van der Waals surface area contributed by atoms with E-state index in [2.05, 4.69) is 69.0 Å². The lowest BCUT2D eigenvalue weighted by Gasteiger charge is -2.30. The first-order chi connectivity index (χ1) is 22.4. The van der Waals surface area contributed by atoms with Crippen LogP contribution >= 0.6 is 0 Å². The number of likely N-dealkylation sites (tertiary alicyclic amines) is 1. The molecule has 0 radical (unpaired) electrons. The third-order valence-corrected chi connectivity index (χ3v) is 7.61. The maximum atomic E-state index is 12.5. The second kappa shape index (κ2) is 25.2. The Bertz CT molecular complexity index is 1230. The van der Waals surface area contributed by atoms with E-state index in [9.17, 15) is 9.59 Å². The van der Waals surface area contributed by atoms with E-state index in [1.54, 1.807) is 6.92 Å². The van der Waals surface area contributed by atoms with Crippen molar-refractivity contribution in [2.24, 2.45) is 0 Å². The summed E-state index contributed by atoms with van der Waals surface area (Å²) in [5, 5.41) is 2.81. The number of nitrogens with zero attached hydrogens (tertiary/aromatic N) is 2. The summed E-state index contributed by atoms with van der Waals surface area (Å²) in [5.74, 6) is 0.122. The molecule has 4 rings (SSSR count). The summed E-state index contributed by atoms with van der Waals surface area (Å²) in [4.78, 5) is 29.1. The number of benzene rings is 3. The molecule has 1 atom stereocenters. The van der Waals surface area contributed by atoms with Crippen molar-refractivity contribution in [1.29, 1.82) is 0 Å². The number of nitrogens with one attached hydrogen (secondary N) is 1. The maximum Gasteiger partial charge on any atom is 0.407 e. The third kappa shape index (κ3) is 17.4. The molecule has 0 aromatic heterocycles. The summed E-state index contributed by atoms with van der Waals surface area (Å²) in [6.45, 7) is 14.9. The average Bonchev–Trinajstić information content (AvgIpc) is 3.33. The zero-order valence-electron chi connectivity index (χ0n) is 28.9. The summed E-state index contributed by atoms with van der Waals surface area (Å²) in [6, 6.07) is 28.2. The lowest BCUT2D eigenvalue weighted by molar-refractivity contribution is -0.132. The Kier molecular flexibility index (Phi) is 21.8. The zero-order valence-corrected chi connectivity index (χ0v) is 28.9. The van der Waals surface area contributed by atoms with E-state index < -0.39 is 6.09 Å². The molecule has 1 fully saturated rings. The molecule has 1 N–H and O–H groups in total. The van der Waals surface area contributed by atoms with Crippen molar-refractivity contribution >= 4 is 12.0 Å². The molecule has 3 aromatic carbocycles.